The molecule has 0 aliphatic carbocycles. The summed E-state index contributed by atoms with van der Waals surface area (Å²) in [7, 11) is 0. The summed E-state index contributed by atoms with van der Waals surface area (Å²) in [4.78, 5) is 11.6. The number of benzene rings is 2. The number of alkyl halides is 5. The topological polar surface area (TPSA) is 44.8 Å². The Morgan fingerprint density at radius 1 is 1.07 bits per heavy atom. The van der Waals surface area contributed by atoms with Gasteiger partial charge < -0.3 is 0 Å². The zero-order valence-electron chi connectivity index (χ0n) is 15.8. The average molecular weight is 526 g/mol. The number of hydrogen-bond donors (Lipinski definition) is 0. The number of fused-ring (bicyclic) bond motifs is 1. The molecule has 1 heterocycles. The minimum atomic E-state index is -4.79. The molecular weight excluding hydrogens is 507 g/mol. The van der Waals surface area contributed by atoms with Crippen LogP contribution in [0.5, 0.6) is 5.75 Å². The van der Waals surface area contributed by atoms with Crippen LogP contribution in [0.3, 0.4) is 0 Å². The monoisotopic (exact) mass is 526 g/mol. The van der Waals surface area contributed by atoms with Crippen LogP contribution in [0.15, 0.2) is 48.5 Å². The SMILES string of the molecule is CCOC(=O)c1ccc(OC(F)(F)C(F)(F)I2OC(C)(C)c3ccccc32)cc1. The average Bonchev–Trinajstić information content (AvgIpc) is 2.94. The molecular formula is C20H19F4IO4. The van der Waals surface area contributed by atoms with Gasteiger partial charge in [-0.3, -0.25) is 0 Å². The van der Waals surface area contributed by atoms with Crippen molar-refractivity contribution in [3.8, 4) is 5.75 Å². The first-order valence-corrected chi connectivity index (χ1v) is 11.7. The van der Waals surface area contributed by atoms with E-state index < -0.39 is 47.6 Å². The molecule has 0 fully saturated rings. The van der Waals surface area contributed by atoms with Gasteiger partial charge in [0.25, 0.3) is 0 Å². The normalized spacial score (nSPS) is 17.0. The van der Waals surface area contributed by atoms with E-state index in [2.05, 4.69) is 4.74 Å². The van der Waals surface area contributed by atoms with Crippen LogP contribution in [0.1, 0.15) is 36.7 Å². The van der Waals surface area contributed by atoms with E-state index in [-0.39, 0.29) is 15.7 Å². The van der Waals surface area contributed by atoms with Crippen molar-refractivity contribution in [2.45, 2.75) is 36.4 Å². The molecule has 0 saturated heterocycles. The zero-order chi connectivity index (χ0) is 21.4. The van der Waals surface area contributed by atoms with Gasteiger partial charge in [-0.15, -0.1) is 0 Å². The Kier molecular flexibility index (Phi) is 5.83. The van der Waals surface area contributed by atoms with Crippen LogP contribution in [0.2, 0.25) is 0 Å². The summed E-state index contributed by atoms with van der Waals surface area (Å²) in [5.41, 5.74) is -0.499. The third kappa shape index (κ3) is 4.07. The Bertz CT molecular complexity index is 900. The van der Waals surface area contributed by atoms with Crippen molar-refractivity contribution in [1.82, 2.24) is 0 Å². The molecule has 158 valence electrons. The van der Waals surface area contributed by atoms with Gasteiger partial charge in [-0.25, -0.2) is 0 Å². The van der Waals surface area contributed by atoms with Crippen molar-refractivity contribution < 1.29 is 34.9 Å². The molecule has 1 aliphatic rings. The second kappa shape index (κ2) is 7.75. The summed E-state index contributed by atoms with van der Waals surface area (Å²) < 4.78 is 69.2. The zero-order valence-corrected chi connectivity index (χ0v) is 18.0. The second-order valence-electron chi connectivity index (χ2n) is 6.68. The van der Waals surface area contributed by atoms with Gasteiger partial charge in [-0.1, -0.05) is 0 Å². The molecule has 9 heteroatoms. The minimum absolute atomic E-state index is 0.0969. The van der Waals surface area contributed by atoms with Gasteiger partial charge in [0.05, 0.1) is 0 Å². The maximum atomic E-state index is 14.9. The maximum absolute atomic E-state index is 14.9. The summed E-state index contributed by atoms with van der Waals surface area (Å²) in [5, 5.41) is 0. The Morgan fingerprint density at radius 3 is 2.31 bits per heavy atom. The van der Waals surface area contributed by atoms with Crippen molar-refractivity contribution in [3.05, 3.63) is 63.2 Å². The van der Waals surface area contributed by atoms with Crippen molar-refractivity contribution in [3.63, 3.8) is 0 Å². The molecule has 1 aliphatic heterocycles. The third-order valence-corrected chi connectivity index (χ3v) is 9.53. The summed E-state index contributed by atoms with van der Waals surface area (Å²) in [6, 6.07) is 10.6. The Morgan fingerprint density at radius 2 is 1.69 bits per heavy atom. The first-order valence-electron chi connectivity index (χ1n) is 8.70. The molecule has 0 radical (unpaired) electrons. The fraction of sp³-hybridized carbons (Fsp3) is 0.350. The van der Waals surface area contributed by atoms with E-state index >= 15 is 0 Å². The van der Waals surface area contributed by atoms with Crippen LogP contribution in [-0.2, 0) is 13.4 Å². The number of carbonyl (C=O) groups excluding carboxylic acids is 1. The fourth-order valence-electron chi connectivity index (χ4n) is 2.73. The summed E-state index contributed by atoms with van der Waals surface area (Å²) in [5.74, 6) is -1.15. The van der Waals surface area contributed by atoms with E-state index in [4.69, 9.17) is 7.80 Å². The third-order valence-electron chi connectivity index (χ3n) is 4.13. The fourth-order valence-corrected chi connectivity index (χ4v) is 7.88. The van der Waals surface area contributed by atoms with Crippen LogP contribution in [0.25, 0.3) is 0 Å². The molecule has 0 unspecified atom stereocenters. The molecule has 0 atom stereocenters. The van der Waals surface area contributed by atoms with E-state index in [9.17, 15) is 22.4 Å². The Balaban J connectivity index is 1.84. The van der Waals surface area contributed by atoms with Crippen molar-refractivity contribution in [2.24, 2.45) is 0 Å². The van der Waals surface area contributed by atoms with Crippen LogP contribution in [0, 0.1) is 3.57 Å². The standard InChI is InChI=1S/C20H19F4IO4/c1-4-27-17(26)13-9-11-14(12-10-13)28-20(23,24)19(21,22)25-16-8-6-5-7-15(16)18(2,3)29-25/h5-12H,4H2,1-3H3. The van der Waals surface area contributed by atoms with Gasteiger partial charge in [0, 0.05) is 0 Å². The van der Waals surface area contributed by atoms with E-state index in [1.165, 1.54) is 24.3 Å². The van der Waals surface area contributed by atoms with Gasteiger partial charge in [0.1, 0.15) is 0 Å². The first-order chi connectivity index (χ1) is 13.5. The molecule has 0 amide bonds. The van der Waals surface area contributed by atoms with Crippen LogP contribution in [0.4, 0.5) is 17.6 Å². The number of esters is 1. The molecule has 29 heavy (non-hydrogen) atoms. The quantitative estimate of drug-likeness (QED) is 0.201. The number of ether oxygens (including phenoxy) is 2. The summed E-state index contributed by atoms with van der Waals surface area (Å²) >= 11 is -4.12. The van der Waals surface area contributed by atoms with E-state index in [1.54, 1.807) is 32.9 Å². The van der Waals surface area contributed by atoms with Crippen molar-refractivity contribution in [1.29, 1.82) is 0 Å². The van der Waals surface area contributed by atoms with Crippen molar-refractivity contribution in [2.75, 3.05) is 6.61 Å². The van der Waals surface area contributed by atoms with E-state index in [0.29, 0.717) is 5.56 Å². The van der Waals surface area contributed by atoms with E-state index in [1.807, 2.05) is 0 Å². The predicted molar refractivity (Wildman–Crippen MR) is 106 cm³/mol. The van der Waals surface area contributed by atoms with Gasteiger partial charge in [-0.05, 0) is 0 Å². The number of rotatable bonds is 6. The summed E-state index contributed by atoms with van der Waals surface area (Å²) in [6.07, 6.45) is -4.79. The molecule has 0 aromatic heterocycles. The van der Waals surface area contributed by atoms with Crippen molar-refractivity contribution >= 4 is 26.2 Å². The summed E-state index contributed by atoms with van der Waals surface area (Å²) in [6.45, 7) is 4.91. The first kappa shape index (κ1) is 21.8. The second-order valence-corrected chi connectivity index (χ2v) is 11.1. The molecule has 3 rings (SSSR count). The van der Waals surface area contributed by atoms with Gasteiger partial charge >= 0.3 is 173 Å². The molecule has 2 aromatic carbocycles. The van der Waals surface area contributed by atoms with Gasteiger partial charge in [0.2, 0.25) is 0 Å². The van der Waals surface area contributed by atoms with Gasteiger partial charge in [-0.2, -0.15) is 0 Å². The molecule has 0 bridgehead atoms. The molecule has 0 N–H and O–H groups in total. The van der Waals surface area contributed by atoms with Gasteiger partial charge in [0.15, 0.2) is 0 Å². The Labute approximate surface area is 173 Å². The van der Waals surface area contributed by atoms with Crippen LogP contribution >= 0.6 is 20.2 Å². The number of carbonyl (C=O) groups is 1. The molecule has 4 nitrogen and oxygen atoms in total. The predicted octanol–water partition coefficient (Wildman–Crippen LogP) is 5.98. The molecule has 0 spiro atoms. The number of halogens is 5. The Hall–Kier alpha value is -1.88. The van der Waals surface area contributed by atoms with Crippen LogP contribution in [-0.4, -0.2) is 22.6 Å². The van der Waals surface area contributed by atoms with E-state index in [0.717, 1.165) is 12.1 Å². The van der Waals surface area contributed by atoms with Crippen LogP contribution < -0.4 is 4.74 Å². The molecule has 0 saturated carbocycles. The number of hydrogen-bond acceptors (Lipinski definition) is 4. The molecule has 2 aromatic rings.